The Morgan fingerprint density at radius 3 is 2.83 bits per heavy atom. The van der Waals surface area contributed by atoms with Crippen LogP contribution in [-0.4, -0.2) is 53.6 Å². The number of imidazole rings is 1. The summed E-state index contributed by atoms with van der Waals surface area (Å²) < 4.78 is 6.98. The van der Waals surface area contributed by atoms with Crippen LogP contribution in [0.5, 0.6) is 5.75 Å². The van der Waals surface area contributed by atoms with Crippen molar-refractivity contribution in [1.82, 2.24) is 29.5 Å². The highest BCUT2D eigenvalue weighted by atomic mass is 35.5. The molecule has 14 heteroatoms. The second-order valence-electron chi connectivity index (χ2n) is 8.55. The summed E-state index contributed by atoms with van der Waals surface area (Å²) >= 11 is 7.77. The lowest BCUT2D eigenvalue weighted by Crippen LogP contribution is -2.24. The normalized spacial score (nSPS) is 11.2. The fraction of sp³-hybridized carbons (Fsp3) is 0.192. The number of aromatic nitrogens is 6. The van der Waals surface area contributed by atoms with Crippen molar-refractivity contribution in [1.29, 1.82) is 0 Å². The van der Waals surface area contributed by atoms with Crippen molar-refractivity contribution in [2.75, 3.05) is 12.4 Å². The van der Waals surface area contributed by atoms with E-state index in [2.05, 4.69) is 25.3 Å². The molecule has 0 spiro atoms. The molecule has 1 amide bonds. The van der Waals surface area contributed by atoms with Crippen LogP contribution in [0.1, 0.15) is 25.1 Å². The van der Waals surface area contributed by atoms with E-state index in [9.17, 15) is 14.4 Å². The molecule has 0 aliphatic rings. The summed E-state index contributed by atoms with van der Waals surface area (Å²) in [5.74, 6) is -0.338. The highest BCUT2D eigenvalue weighted by Gasteiger charge is 2.20. The van der Waals surface area contributed by atoms with E-state index >= 15 is 0 Å². The predicted octanol–water partition coefficient (Wildman–Crippen LogP) is 4.20. The highest BCUT2D eigenvalue weighted by molar-refractivity contribution is 7.98. The Hall–Kier alpha value is -4.49. The summed E-state index contributed by atoms with van der Waals surface area (Å²) in [6.07, 6.45) is 3.06. The van der Waals surface area contributed by atoms with E-state index in [1.165, 1.54) is 36.1 Å². The van der Waals surface area contributed by atoms with Crippen molar-refractivity contribution in [2.24, 2.45) is 0 Å². The van der Waals surface area contributed by atoms with Crippen molar-refractivity contribution in [3.05, 3.63) is 70.3 Å². The van der Waals surface area contributed by atoms with Crippen LogP contribution in [0, 0.1) is 0 Å². The van der Waals surface area contributed by atoms with Crippen molar-refractivity contribution in [3.63, 3.8) is 0 Å². The molecule has 0 aliphatic carbocycles. The summed E-state index contributed by atoms with van der Waals surface area (Å²) in [4.78, 5) is 57.6. The molecule has 0 bridgehead atoms. The summed E-state index contributed by atoms with van der Waals surface area (Å²) in [6.45, 7) is 0. The number of carbonyl (C=O) groups excluding carboxylic acids is 1. The molecule has 0 saturated heterocycles. The van der Waals surface area contributed by atoms with E-state index in [0.29, 0.717) is 44.7 Å². The standard InChI is InChI=1S/C26H22ClN7O5S/c1-39-18-9-8-14(32-20(35)6-3-7-21(36)37)10-17(18)34-19(33-16-5-2-4-15(27)22(16)26(34)38)11-40-25-23-24(29-12-28-23)30-13-31-25/h2,4-5,8-10,12-13H,3,6-7,11H2,1H3,(H,32,35)(H,36,37)(H,28,29,30,31). The lowest BCUT2D eigenvalue weighted by atomic mass is 10.2. The fourth-order valence-corrected chi connectivity index (χ4v) is 5.26. The van der Waals surface area contributed by atoms with E-state index in [1.54, 1.807) is 36.4 Å². The molecule has 0 radical (unpaired) electrons. The number of aliphatic carboxylic acids is 1. The van der Waals surface area contributed by atoms with Gasteiger partial charge in [-0.2, -0.15) is 0 Å². The van der Waals surface area contributed by atoms with Gasteiger partial charge in [-0.15, -0.1) is 0 Å². The number of fused-ring (bicyclic) bond motifs is 2. The lowest BCUT2D eigenvalue weighted by molar-refractivity contribution is -0.137. The minimum absolute atomic E-state index is 0.0314. The van der Waals surface area contributed by atoms with Crippen molar-refractivity contribution >= 4 is 63.0 Å². The molecule has 3 N–H and O–H groups in total. The highest BCUT2D eigenvalue weighted by Crippen LogP contribution is 2.31. The average molecular weight is 580 g/mol. The predicted molar refractivity (Wildman–Crippen MR) is 150 cm³/mol. The number of thioether (sulfide) groups is 1. The van der Waals surface area contributed by atoms with E-state index in [4.69, 9.17) is 26.4 Å². The van der Waals surface area contributed by atoms with Crippen LogP contribution in [-0.2, 0) is 15.3 Å². The summed E-state index contributed by atoms with van der Waals surface area (Å²) in [6, 6.07) is 9.91. The molecule has 0 atom stereocenters. The average Bonchev–Trinajstić information content (AvgIpc) is 3.41. The Kier molecular flexibility index (Phi) is 7.94. The maximum atomic E-state index is 13.9. The molecule has 0 fully saturated rings. The van der Waals surface area contributed by atoms with Gasteiger partial charge in [0.25, 0.3) is 5.56 Å². The number of nitrogens with zero attached hydrogens (tertiary/aromatic N) is 5. The quantitative estimate of drug-likeness (QED) is 0.161. The largest absolute Gasteiger partial charge is 0.495 e. The summed E-state index contributed by atoms with van der Waals surface area (Å²) in [5.41, 5.74) is 1.94. The number of halogens is 1. The number of hydrogen-bond donors (Lipinski definition) is 3. The molecule has 0 aliphatic heterocycles. The number of hydrogen-bond acceptors (Lipinski definition) is 9. The molecular weight excluding hydrogens is 558 g/mol. The number of ether oxygens (including phenoxy) is 1. The van der Waals surface area contributed by atoms with Gasteiger partial charge in [0.2, 0.25) is 5.91 Å². The molecular formula is C26H22ClN7O5S. The van der Waals surface area contributed by atoms with Gasteiger partial charge in [-0.3, -0.25) is 19.0 Å². The molecule has 3 aromatic heterocycles. The first kappa shape index (κ1) is 27.1. The van der Waals surface area contributed by atoms with Crippen LogP contribution in [0.3, 0.4) is 0 Å². The van der Waals surface area contributed by atoms with Gasteiger partial charge in [-0.1, -0.05) is 29.4 Å². The number of anilines is 1. The van der Waals surface area contributed by atoms with E-state index in [0.717, 1.165) is 0 Å². The zero-order valence-corrected chi connectivity index (χ0v) is 22.6. The maximum Gasteiger partial charge on any atom is 0.303 e. The smallest absolute Gasteiger partial charge is 0.303 e. The first-order chi connectivity index (χ1) is 19.4. The zero-order chi connectivity index (χ0) is 28.2. The van der Waals surface area contributed by atoms with Crippen LogP contribution in [0.15, 0.2) is 58.9 Å². The van der Waals surface area contributed by atoms with Gasteiger partial charge in [-0.05, 0) is 36.8 Å². The molecule has 2 aromatic carbocycles. The Balaban J connectivity index is 1.58. The number of carboxylic acids is 1. The third-order valence-electron chi connectivity index (χ3n) is 5.94. The molecule has 0 unspecified atom stereocenters. The fourth-order valence-electron chi connectivity index (χ4n) is 4.13. The van der Waals surface area contributed by atoms with Gasteiger partial charge in [0.1, 0.15) is 28.4 Å². The summed E-state index contributed by atoms with van der Waals surface area (Å²) in [7, 11) is 1.47. The number of rotatable bonds is 10. The number of amides is 1. The van der Waals surface area contributed by atoms with E-state index < -0.39 is 11.5 Å². The summed E-state index contributed by atoms with van der Waals surface area (Å²) in [5, 5.41) is 12.7. The second-order valence-corrected chi connectivity index (χ2v) is 9.92. The number of nitrogens with one attached hydrogen (secondary N) is 2. The van der Waals surface area contributed by atoms with Gasteiger partial charge >= 0.3 is 5.97 Å². The van der Waals surface area contributed by atoms with Gasteiger partial charge in [0.15, 0.2) is 5.65 Å². The number of H-pyrrole nitrogens is 1. The van der Waals surface area contributed by atoms with Crippen LogP contribution in [0.2, 0.25) is 5.02 Å². The zero-order valence-electron chi connectivity index (χ0n) is 21.0. The lowest BCUT2D eigenvalue weighted by Gasteiger charge is -2.18. The number of methoxy groups -OCH3 is 1. The third kappa shape index (κ3) is 5.60. The maximum absolute atomic E-state index is 13.9. The molecule has 0 saturated carbocycles. The van der Waals surface area contributed by atoms with Gasteiger partial charge in [-0.25, -0.2) is 19.9 Å². The first-order valence-electron chi connectivity index (χ1n) is 12.0. The Morgan fingerprint density at radius 1 is 1.18 bits per heavy atom. The minimum Gasteiger partial charge on any atom is -0.495 e. The molecule has 40 heavy (non-hydrogen) atoms. The third-order valence-corrected chi connectivity index (χ3v) is 7.24. The van der Waals surface area contributed by atoms with Crippen molar-refractivity contribution < 1.29 is 19.4 Å². The van der Waals surface area contributed by atoms with Gasteiger partial charge in [0, 0.05) is 18.5 Å². The van der Waals surface area contributed by atoms with Crippen LogP contribution >= 0.6 is 23.4 Å². The van der Waals surface area contributed by atoms with Crippen LogP contribution < -0.4 is 15.6 Å². The Labute approximate surface area is 235 Å². The Morgan fingerprint density at radius 2 is 2.02 bits per heavy atom. The van der Waals surface area contributed by atoms with Gasteiger partial charge < -0.3 is 20.1 Å². The SMILES string of the molecule is COc1ccc(NC(=O)CCCC(=O)O)cc1-n1c(CSc2ncnc3nc[nH]c23)nc2cccc(Cl)c2c1=O. The minimum atomic E-state index is -0.970. The molecule has 5 aromatic rings. The molecule has 12 nitrogen and oxygen atoms in total. The molecule has 204 valence electrons. The molecule has 3 heterocycles. The number of benzene rings is 2. The Bertz CT molecular complexity index is 1810. The van der Waals surface area contributed by atoms with Crippen LogP contribution in [0.4, 0.5) is 5.69 Å². The first-order valence-corrected chi connectivity index (χ1v) is 13.4. The number of aromatic amines is 1. The topological polar surface area (TPSA) is 165 Å². The number of carboxylic acid groups (broad SMARTS) is 1. The van der Waals surface area contributed by atoms with E-state index in [-0.39, 0.29) is 41.3 Å². The second kappa shape index (κ2) is 11.7. The van der Waals surface area contributed by atoms with Gasteiger partial charge in [0.05, 0.1) is 40.8 Å². The number of carbonyl (C=O) groups is 2. The van der Waals surface area contributed by atoms with E-state index in [1.807, 2.05) is 0 Å². The van der Waals surface area contributed by atoms with Crippen molar-refractivity contribution in [2.45, 2.75) is 30.0 Å². The monoisotopic (exact) mass is 579 g/mol. The van der Waals surface area contributed by atoms with Crippen molar-refractivity contribution in [3.8, 4) is 11.4 Å². The van der Waals surface area contributed by atoms with Crippen LogP contribution in [0.25, 0.3) is 27.8 Å². The molecule has 5 rings (SSSR count).